The van der Waals surface area contributed by atoms with Gasteiger partial charge in [0.25, 0.3) is 11.5 Å². The number of hydrogen-bond acceptors (Lipinski definition) is 5. The minimum Gasteiger partial charge on any atom is -0.394 e. The smallest absolute Gasteiger partial charge is 0.271 e. The minimum absolute atomic E-state index is 0.119. The van der Waals surface area contributed by atoms with Gasteiger partial charge in [-0.1, -0.05) is 0 Å². The van der Waals surface area contributed by atoms with E-state index in [9.17, 15) is 14.7 Å². The van der Waals surface area contributed by atoms with Crippen molar-refractivity contribution in [3.8, 4) is 0 Å². The molecule has 0 aliphatic carbocycles. The topological polar surface area (TPSA) is 104 Å². The fourth-order valence-electron chi connectivity index (χ4n) is 1.86. The molecule has 0 aromatic carbocycles. The summed E-state index contributed by atoms with van der Waals surface area (Å²) in [5, 5.41) is 12.2. The summed E-state index contributed by atoms with van der Waals surface area (Å²) < 4.78 is 5.20. The number of aromatic amines is 1. The molecule has 0 unspecified atom stereocenters. The molecule has 1 aromatic rings. The standard InChI is InChI=1S/C11H15N3O4/c15-7-11(1-3-18-4-2-11)14-10(17)8-5-13-9(16)6-12-8/h5-6,15H,1-4,7H2,(H,13,16)(H,14,17). The van der Waals surface area contributed by atoms with E-state index < -0.39 is 11.4 Å². The van der Waals surface area contributed by atoms with Gasteiger partial charge in [-0.25, -0.2) is 4.98 Å². The van der Waals surface area contributed by atoms with Crippen LogP contribution >= 0.6 is 0 Å². The molecule has 0 atom stereocenters. The van der Waals surface area contributed by atoms with Gasteiger partial charge in [-0.2, -0.15) is 0 Å². The van der Waals surface area contributed by atoms with Crippen LogP contribution in [0.3, 0.4) is 0 Å². The molecule has 7 heteroatoms. The van der Waals surface area contributed by atoms with Gasteiger partial charge in [0.05, 0.1) is 18.3 Å². The van der Waals surface area contributed by atoms with Crippen molar-refractivity contribution in [3.63, 3.8) is 0 Å². The van der Waals surface area contributed by atoms with E-state index in [1.807, 2.05) is 0 Å². The highest BCUT2D eigenvalue weighted by molar-refractivity contribution is 5.92. The molecule has 0 spiro atoms. The number of amides is 1. The first kappa shape index (κ1) is 12.7. The molecule has 0 saturated carbocycles. The van der Waals surface area contributed by atoms with E-state index in [2.05, 4.69) is 15.3 Å². The van der Waals surface area contributed by atoms with Gasteiger partial charge in [-0.15, -0.1) is 0 Å². The molecule has 98 valence electrons. The number of hydrogen-bond donors (Lipinski definition) is 3. The van der Waals surface area contributed by atoms with Crippen LogP contribution in [0.2, 0.25) is 0 Å². The number of aliphatic hydroxyl groups is 1. The van der Waals surface area contributed by atoms with Crippen LogP contribution in [0.1, 0.15) is 23.3 Å². The second-order valence-electron chi connectivity index (χ2n) is 4.30. The fourth-order valence-corrected chi connectivity index (χ4v) is 1.86. The summed E-state index contributed by atoms with van der Waals surface area (Å²) in [4.78, 5) is 28.9. The Morgan fingerprint density at radius 3 is 2.83 bits per heavy atom. The number of aromatic nitrogens is 2. The highest BCUT2D eigenvalue weighted by Gasteiger charge is 2.34. The molecule has 18 heavy (non-hydrogen) atoms. The average molecular weight is 253 g/mol. The van der Waals surface area contributed by atoms with Gasteiger partial charge >= 0.3 is 0 Å². The van der Waals surface area contributed by atoms with Crippen LogP contribution in [0.15, 0.2) is 17.2 Å². The first-order chi connectivity index (χ1) is 8.65. The van der Waals surface area contributed by atoms with Crippen molar-refractivity contribution in [2.45, 2.75) is 18.4 Å². The van der Waals surface area contributed by atoms with Crippen LogP contribution in [-0.4, -0.2) is 46.3 Å². The largest absolute Gasteiger partial charge is 0.394 e. The molecule has 0 bridgehead atoms. The number of nitrogens with zero attached hydrogens (tertiary/aromatic N) is 1. The zero-order chi connectivity index (χ0) is 13.0. The minimum atomic E-state index is -0.660. The van der Waals surface area contributed by atoms with Crippen LogP contribution in [0.4, 0.5) is 0 Å². The van der Waals surface area contributed by atoms with E-state index in [1.54, 1.807) is 0 Å². The van der Waals surface area contributed by atoms with Crippen LogP contribution in [0.25, 0.3) is 0 Å². The van der Waals surface area contributed by atoms with Crippen LogP contribution in [-0.2, 0) is 4.74 Å². The molecular formula is C11H15N3O4. The Morgan fingerprint density at radius 1 is 1.56 bits per heavy atom. The van der Waals surface area contributed by atoms with Crippen molar-refractivity contribution in [1.29, 1.82) is 0 Å². The van der Waals surface area contributed by atoms with Crippen molar-refractivity contribution in [3.05, 3.63) is 28.4 Å². The molecule has 3 N–H and O–H groups in total. The third-order valence-corrected chi connectivity index (χ3v) is 3.04. The SMILES string of the molecule is O=C(NC1(CO)CCOCC1)c1c[nH]c(=O)cn1. The van der Waals surface area contributed by atoms with E-state index in [0.29, 0.717) is 26.1 Å². The monoisotopic (exact) mass is 253 g/mol. The predicted molar refractivity (Wildman–Crippen MR) is 62.2 cm³/mol. The summed E-state index contributed by atoms with van der Waals surface area (Å²) in [6.45, 7) is 0.852. The number of ether oxygens (including phenoxy) is 1. The molecule has 7 nitrogen and oxygen atoms in total. The second kappa shape index (κ2) is 5.28. The molecule has 1 aromatic heterocycles. The Labute approximate surface area is 103 Å². The first-order valence-electron chi connectivity index (χ1n) is 5.71. The summed E-state index contributed by atoms with van der Waals surface area (Å²) >= 11 is 0. The van der Waals surface area contributed by atoms with E-state index in [1.165, 1.54) is 6.20 Å². The van der Waals surface area contributed by atoms with Crippen LogP contribution < -0.4 is 10.9 Å². The maximum atomic E-state index is 11.9. The Balaban J connectivity index is 2.09. The first-order valence-corrected chi connectivity index (χ1v) is 5.71. The van der Waals surface area contributed by atoms with E-state index in [4.69, 9.17) is 4.74 Å². The third-order valence-electron chi connectivity index (χ3n) is 3.04. The zero-order valence-corrected chi connectivity index (χ0v) is 9.81. The Hall–Kier alpha value is -1.73. The predicted octanol–water partition coefficient (Wildman–Crippen LogP) is -0.959. The van der Waals surface area contributed by atoms with Crippen LogP contribution in [0, 0.1) is 0 Å². The van der Waals surface area contributed by atoms with Crippen molar-refractivity contribution in [2.75, 3.05) is 19.8 Å². The highest BCUT2D eigenvalue weighted by Crippen LogP contribution is 2.20. The van der Waals surface area contributed by atoms with Gasteiger partial charge in [-0.05, 0) is 12.8 Å². The molecule has 2 rings (SSSR count). The summed E-state index contributed by atoms with van der Waals surface area (Å²) in [5.41, 5.74) is -0.906. The van der Waals surface area contributed by atoms with Gasteiger partial charge in [-0.3, -0.25) is 9.59 Å². The average Bonchev–Trinajstić information content (AvgIpc) is 2.40. The molecule has 2 heterocycles. The van der Waals surface area contributed by atoms with E-state index in [-0.39, 0.29) is 17.9 Å². The van der Waals surface area contributed by atoms with Gasteiger partial charge in [0.1, 0.15) is 5.69 Å². The molecule has 1 aliphatic rings. The Bertz CT molecular complexity index is 459. The molecule has 1 saturated heterocycles. The van der Waals surface area contributed by atoms with Gasteiger partial charge in [0.2, 0.25) is 0 Å². The van der Waals surface area contributed by atoms with Crippen LogP contribution in [0.5, 0.6) is 0 Å². The van der Waals surface area contributed by atoms with Crippen molar-refractivity contribution in [2.24, 2.45) is 0 Å². The van der Waals surface area contributed by atoms with E-state index >= 15 is 0 Å². The number of carbonyl (C=O) groups excluding carboxylic acids is 1. The maximum Gasteiger partial charge on any atom is 0.271 e. The van der Waals surface area contributed by atoms with Gasteiger partial charge in [0.15, 0.2) is 0 Å². The quantitative estimate of drug-likeness (QED) is 0.643. The number of aliphatic hydroxyl groups excluding tert-OH is 1. The number of carbonyl (C=O) groups is 1. The summed E-state index contributed by atoms with van der Waals surface area (Å²) in [6.07, 6.45) is 3.41. The molecule has 1 amide bonds. The number of rotatable bonds is 3. The Morgan fingerprint density at radius 2 is 2.28 bits per heavy atom. The van der Waals surface area contributed by atoms with Crippen molar-refractivity contribution < 1.29 is 14.6 Å². The molecular weight excluding hydrogens is 238 g/mol. The lowest BCUT2D eigenvalue weighted by molar-refractivity contribution is 0.0124. The third kappa shape index (κ3) is 2.74. The van der Waals surface area contributed by atoms with Crippen molar-refractivity contribution >= 4 is 5.91 Å². The molecule has 1 aliphatic heterocycles. The van der Waals surface area contributed by atoms with E-state index in [0.717, 1.165) is 6.20 Å². The summed E-state index contributed by atoms with van der Waals surface area (Å²) in [7, 11) is 0. The number of H-pyrrole nitrogens is 1. The number of nitrogens with one attached hydrogen (secondary N) is 2. The maximum absolute atomic E-state index is 11.9. The fraction of sp³-hybridized carbons (Fsp3) is 0.545. The second-order valence-corrected chi connectivity index (χ2v) is 4.30. The normalized spacial score (nSPS) is 18.3. The Kier molecular flexibility index (Phi) is 3.73. The lowest BCUT2D eigenvalue weighted by atomic mass is 9.91. The summed E-state index contributed by atoms with van der Waals surface area (Å²) in [6, 6.07) is 0. The van der Waals surface area contributed by atoms with Gasteiger partial charge < -0.3 is 20.1 Å². The van der Waals surface area contributed by atoms with Gasteiger partial charge in [0, 0.05) is 19.4 Å². The van der Waals surface area contributed by atoms with Crippen molar-refractivity contribution in [1.82, 2.24) is 15.3 Å². The lowest BCUT2D eigenvalue weighted by Gasteiger charge is -2.36. The molecule has 1 fully saturated rings. The molecule has 0 radical (unpaired) electrons. The lowest BCUT2D eigenvalue weighted by Crippen LogP contribution is -2.54. The zero-order valence-electron chi connectivity index (χ0n) is 9.81. The highest BCUT2D eigenvalue weighted by atomic mass is 16.5. The summed E-state index contributed by atoms with van der Waals surface area (Å²) in [5.74, 6) is -0.415.